The Kier molecular flexibility index (Phi) is 3.65. The molecule has 0 radical (unpaired) electrons. The van der Waals surface area contributed by atoms with E-state index in [1.54, 1.807) is 0 Å². The largest absolute Gasteiger partial charge is 0.390 e. The van der Waals surface area contributed by atoms with Gasteiger partial charge in [0, 0.05) is 0 Å². The molecule has 0 heterocycles. The van der Waals surface area contributed by atoms with Crippen LogP contribution in [0.3, 0.4) is 0 Å². The van der Waals surface area contributed by atoms with Crippen molar-refractivity contribution in [2.45, 2.75) is 50.7 Å². The van der Waals surface area contributed by atoms with E-state index < -0.39 is 12.2 Å². The number of nitrogens with two attached hydrogens (primary N) is 1. The van der Waals surface area contributed by atoms with Gasteiger partial charge in [0.2, 0.25) is 0 Å². The molecule has 2 aliphatic rings. The molecule has 3 heteroatoms. The maximum Gasteiger partial charge on any atom is 0.0829 e. The zero-order valence-corrected chi connectivity index (χ0v) is 9.31. The van der Waals surface area contributed by atoms with Crippen molar-refractivity contribution in [2.75, 3.05) is 6.54 Å². The molecule has 2 aliphatic carbocycles. The molecular formula is C12H23NO2. The normalized spacial score (nSPS) is 46.2. The minimum Gasteiger partial charge on any atom is -0.390 e. The number of hydrogen-bond acceptors (Lipinski definition) is 3. The van der Waals surface area contributed by atoms with Crippen molar-refractivity contribution < 1.29 is 10.2 Å². The van der Waals surface area contributed by atoms with Gasteiger partial charge in [-0.25, -0.2) is 0 Å². The average molecular weight is 213 g/mol. The highest BCUT2D eigenvalue weighted by Gasteiger charge is 2.40. The lowest BCUT2D eigenvalue weighted by Gasteiger charge is -2.44. The summed E-state index contributed by atoms with van der Waals surface area (Å²) in [5.74, 6) is 1.66. The van der Waals surface area contributed by atoms with E-state index in [0.29, 0.717) is 17.8 Å². The number of aliphatic hydroxyl groups is 2. The highest BCUT2D eigenvalue weighted by molar-refractivity contribution is 4.91. The van der Waals surface area contributed by atoms with Crippen LogP contribution in [-0.2, 0) is 0 Å². The standard InChI is InChI=1S/C12H23NO2/c13-6-5-8-1-2-9-3-4-11(14)12(15)10(9)7-8/h8-12,14-15H,1-7,13H2. The minimum atomic E-state index is -0.483. The first-order valence-corrected chi connectivity index (χ1v) is 6.28. The van der Waals surface area contributed by atoms with Crippen molar-refractivity contribution in [3.8, 4) is 0 Å². The van der Waals surface area contributed by atoms with Gasteiger partial charge in [-0.2, -0.15) is 0 Å². The van der Waals surface area contributed by atoms with Crippen LogP contribution in [0.25, 0.3) is 0 Å². The second-order valence-corrected chi connectivity index (χ2v) is 5.32. The van der Waals surface area contributed by atoms with Crippen molar-refractivity contribution >= 4 is 0 Å². The first-order chi connectivity index (χ1) is 7.22. The van der Waals surface area contributed by atoms with Gasteiger partial charge in [-0.3, -0.25) is 0 Å². The Morgan fingerprint density at radius 3 is 2.53 bits per heavy atom. The minimum absolute atomic E-state index is 0.332. The fraction of sp³-hybridized carbons (Fsp3) is 1.00. The monoisotopic (exact) mass is 213 g/mol. The predicted octanol–water partition coefficient (Wildman–Crippen LogP) is 0.883. The average Bonchev–Trinajstić information content (AvgIpc) is 2.25. The SMILES string of the molecule is NCCC1CCC2CCC(O)C(O)C2C1. The van der Waals surface area contributed by atoms with Crippen molar-refractivity contribution in [1.29, 1.82) is 0 Å². The Labute approximate surface area is 91.7 Å². The number of aliphatic hydroxyl groups excluding tert-OH is 2. The summed E-state index contributed by atoms with van der Waals surface area (Å²) in [6, 6.07) is 0. The Balaban J connectivity index is 1.95. The predicted molar refractivity (Wildman–Crippen MR) is 59.2 cm³/mol. The molecule has 0 aromatic rings. The lowest BCUT2D eigenvalue weighted by molar-refractivity contribution is -0.0863. The smallest absolute Gasteiger partial charge is 0.0829 e. The van der Waals surface area contributed by atoms with Gasteiger partial charge in [0.15, 0.2) is 0 Å². The summed E-state index contributed by atoms with van der Waals surface area (Å²) in [7, 11) is 0. The zero-order valence-electron chi connectivity index (χ0n) is 9.31. The van der Waals surface area contributed by atoms with Gasteiger partial charge in [-0.1, -0.05) is 6.42 Å². The van der Waals surface area contributed by atoms with Crippen LogP contribution in [0.2, 0.25) is 0 Å². The third-order valence-corrected chi connectivity index (χ3v) is 4.40. The fourth-order valence-electron chi connectivity index (χ4n) is 3.47. The third-order valence-electron chi connectivity index (χ3n) is 4.40. The van der Waals surface area contributed by atoms with Crippen LogP contribution < -0.4 is 5.73 Å². The second-order valence-electron chi connectivity index (χ2n) is 5.32. The molecule has 88 valence electrons. The summed E-state index contributed by atoms with van der Waals surface area (Å²) in [4.78, 5) is 0. The molecule has 0 spiro atoms. The van der Waals surface area contributed by atoms with E-state index in [1.807, 2.05) is 0 Å². The molecule has 5 atom stereocenters. The highest BCUT2D eigenvalue weighted by Crippen LogP contribution is 2.43. The molecule has 2 saturated carbocycles. The van der Waals surface area contributed by atoms with Gasteiger partial charge < -0.3 is 15.9 Å². The highest BCUT2D eigenvalue weighted by atomic mass is 16.3. The van der Waals surface area contributed by atoms with Crippen LogP contribution >= 0.6 is 0 Å². The summed E-state index contributed by atoms with van der Waals surface area (Å²) in [6.45, 7) is 0.751. The second kappa shape index (κ2) is 4.81. The van der Waals surface area contributed by atoms with E-state index in [0.717, 1.165) is 32.2 Å². The van der Waals surface area contributed by atoms with E-state index >= 15 is 0 Å². The first-order valence-electron chi connectivity index (χ1n) is 6.28. The van der Waals surface area contributed by atoms with Crippen LogP contribution in [0, 0.1) is 17.8 Å². The van der Waals surface area contributed by atoms with E-state index in [-0.39, 0.29) is 0 Å². The molecule has 15 heavy (non-hydrogen) atoms. The summed E-state index contributed by atoms with van der Waals surface area (Å²) in [5.41, 5.74) is 5.58. The summed E-state index contributed by atoms with van der Waals surface area (Å²) in [5, 5.41) is 19.6. The Morgan fingerprint density at radius 2 is 1.80 bits per heavy atom. The molecule has 0 aromatic carbocycles. The molecule has 0 amide bonds. The van der Waals surface area contributed by atoms with Crippen LogP contribution in [0.1, 0.15) is 38.5 Å². The van der Waals surface area contributed by atoms with Crippen LogP contribution in [-0.4, -0.2) is 29.0 Å². The summed E-state index contributed by atoms with van der Waals surface area (Å²) in [6.07, 6.45) is 5.54. The lowest BCUT2D eigenvalue weighted by atomic mass is 9.65. The molecule has 0 bridgehead atoms. The number of rotatable bonds is 2. The molecule has 4 N–H and O–H groups in total. The van der Waals surface area contributed by atoms with Crippen molar-refractivity contribution in [3.05, 3.63) is 0 Å². The summed E-state index contributed by atoms with van der Waals surface area (Å²) >= 11 is 0. The first kappa shape index (κ1) is 11.4. The molecular weight excluding hydrogens is 190 g/mol. The quantitative estimate of drug-likeness (QED) is 0.638. The lowest BCUT2D eigenvalue weighted by Crippen LogP contribution is -2.45. The molecule has 5 unspecified atom stereocenters. The van der Waals surface area contributed by atoms with Crippen LogP contribution in [0.15, 0.2) is 0 Å². The molecule has 2 fully saturated rings. The van der Waals surface area contributed by atoms with Crippen molar-refractivity contribution in [2.24, 2.45) is 23.5 Å². The van der Waals surface area contributed by atoms with Crippen molar-refractivity contribution in [3.63, 3.8) is 0 Å². The van der Waals surface area contributed by atoms with Gasteiger partial charge in [0.1, 0.15) is 0 Å². The summed E-state index contributed by atoms with van der Waals surface area (Å²) < 4.78 is 0. The van der Waals surface area contributed by atoms with Crippen LogP contribution in [0.4, 0.5) is 0 Å². The molecule has 2 rings (SSSR count). The molecule has 0 aliphatic heterocycles. The maximum atomic E-state index is 9.98. The topological polar surface area (TPSA) is 66.5 Å². The molecule has 3 nitrogen and oxygen atoms in total. The van der Waals surface area contributed by atoms with Gasteiger partial charge in [-0.15, -0.1) is 0 Å². The number of hydrogen-bond donors (Lipinski definition) is 3. The maximum absolute atomic E-state index is 9.98. The Morgan fingerprint density at radius 1 is 1.07 bits per heavy atom. The van der Waals surface area contributed by atoms with Gasteiger partial charge in [0.25, 0.3) is 0 Å². The van der Waals surface area contributed by atoms with Gasteiger partial charge in [-0.05, 0) is 56.4 Å². The molecule has 0 saturated heterocycles. The fourth-order valence-corrected chi connectivity index (χ4v) is 3.47. The molecule has 0 aromatic heterocycles. The zero-order chi connectivity index (χ0) is 10.8. The van der Waals surface area contributed by atoms with E-state index in [1.165, 1.54) is 12.8 Å². The Hall–Kier alpha value is -0.120. The van der Waals surface area contributed by atoms with Crippen LogP contribution in [0.5, 0.6) is 0 Å². The Bertz CT molecular complexity index is 208. The van der Waals surface area contributed by atoms with E-state index in [2.05, 4.69) is 0 Å². The van der Waals surface area contributed by atoms with Crippen molar-refractivity contribution in [1.82, 2.24) is 0 Å². The number of fused-ring (bicyclic) bond motifs is 1. The van der Waals surface area contributed by atoms with E-state index in [9.17, 15) is 10.2 Å². The van der Waals surface area contributed by atoms with Gasteiger partial charge in [0.05, 0.1) is 12.2 Å². The third kappa shape index (κ3) is 2.35. The van der Waals surface area contributed by atoms with Gasteiger partial charge >= 0.3 is 0 Å². The van der Waals surface area contributed by atoms with E-state index in [4.69, 9.17) is 5.73 Å².